The van der Waals surface area contributed by atoms with Crippen molar-refractivity contribution >= 4 is 34.7 Å². The molecule has 0 aliphatic carbocycles. The van der Waals surface area contributed by atoms with Crippen molar-refractivity contribution in [3.8, 4) is 0 Å². The second-order valence-corrected chi connectivity index (χ2v) is 5.04. The highest BCUT2D eigenvalue weighted by Gasteiger charge is 2.41. The van der Waals surface area contributed by atoms with Crippen molar-refractivity contribution in [1.29, 1.82) is 0 Å². The van der Waals surface area contributed by atoms with Gasteiger partial charge in [-0.2, -0.15) is 0 Å². The van der Waals surface area contributed by atoms with Gasteiger partial charge >= 0.3 is 0 Å². The summed E-state index contributed by atoms with van der Waals surface area (Å²) in [7, 11) is 0. The fraction of sp³-hybridized carbons (Fsp3) is 0. The highest BCUT2D eigenvalue weighted by atomic mass is 32.2. The van der Waals surface area contributed by atoms with Gasteiger partial charge in [-0.3, -0.25) is 9.59 Å². The summed E-state index contributed by atoms with van der Waals surface area (Å²) in [6.07, 6.45) is 4.35. The molecule has 2 aromatic heterocycles. The summed E-state index contributed by atoms with van der Waals surface area (Å²) in [6, 6.07) is 3.46. The van der Waals surface area contributed by atoms with Crippen LogP contribution in [0.3, 0.4) is 0 Å². The van der Waals surface area contributed by atoms with E-state index in [1.165, 1.54) is 17.5 Å². The second-order valence-electron chi connectivity index (χ2n) is 4.07. The lowest BCUT2D eigenvalue weighted by atomic mass is 10.3. The molecular weight excluding hydrogens is 280 g/mol. The third-order valence-corrected chi connectivity index (χ3v) is 3.88. The van der Waals surface area contributed by atoms with E-state index in [4.69, 9.17) is 4.42 Å². The molecular formula is C12H6N4O3S. The summed E-state index contributed by atoms with van der Waals surface area (Å²) < 4.78 is 5.16. The van der Waals surface area contributed by atoms with Crippen molar-refractivity contribution in [2.45, 2.75) is 4.90 Å². The molecule has 0 atom stereocenters. The third kappa shape index (κ3) is 1.48. The van der Waals surface area contributed by atoms with E-state index in [1.807, 2.05) is 0 Å². The molecule has 0 fully saturated rings. The van der Waals surface area contributed by atoms with Crippen LogP contribution in [0, 0.1) is 0 Å². The summed E-state index contributed by atoms with van der Waals surface area (Å²) in [4.78, 5) is 36.4. The van der Waals surface area contributed by atoms with Crippen LogP contribution >= 0.6 is 11.8 Å². The molecule has 20 heavy (non-hydrogen) atoms. The van der Waals surface area contributed by atoms with E-state index < -0.39 is 0 Å². The van der Waals surface area contributed by atoms with Gasteiger partial charge in [0.1, 0.15) is 16.4 Å². The van der Waals surface area contributed by atoms with Gasteiger partial charge in [-0.25, -0.2) is 14.9 Å². The minimum atomic E-state index is -0.319. The van der Waals surface area contributed by atoms with Crippen molar-refractivity contribution < 1.29 is 9.21 Å². The first-order chi connectivity index (χ1) is 9.74. The highest BCUT2D eigenvalue weighted by molar-refractivity contribution is 8.15. The molecule has 7 nitrogen and oxygen atoms in total. The summed E-state index contributed by atoms with van der Waals surface area (Å²) in [6.45, 7) is 0. The van der Waals surface area contributed by atoms with Crippen LogP contribution in [0.4, 0.5) is 5.82 Å². The molecule has 0 aromatic carbocycles. The Morgan fingerprint density at radius 2 is 2.30 bits per heavy atom. The number of anilines is 1. The number of carbonyl (C=O) groups is 1. The lowest BCUT2D eigenvalue weighted by molar-refractivity contribution is -0.113. The molecule has 0 saturated carbocycles. The number of rotatable bonds is 1. The SMILES string of the molecule is O=C1/C(=C/c2ccco2)N=C2Sc3c(nc[nH]c3=O)N12. The number of nitrogens with one attached hydrogen (secondary N) is 1. The van der Waals surface area contributed by atoms with Crippen LogP contribution in [0.15, 0.2) is 49.5 Å². The largest absolute Gasteiger partial charge is 0.465 e. The first-order valence-corrected chi connectivity index (χ1v) is 6.49. The number of aromatic amines is 1. The third-order valence-electron chi connectivity index (χ3n) is 2.85. The molecule has 0 bridgehead atoms. The molecule has 2 aliphatic rings. The molecule has 0 saturated heterocycles. The molecule has 1 amide bonds. The van der Waals surface area contributed by atoms with Gasteiger partial charge in [0.05, 0.1) is 12.6 Å². The number of aliphatic imine (C=N–C) groups is 1. The summed E-state index contributed by atoms with van der Waals surface area (Å²) >= 11 is 1.13. The number of hydrogen-bond acceptors (Lipinski definition) is 6. The number of fused-ring (bicyclic) bond motifs is 3. The van der Waals surface area contributed by atoms with E-state index in [9.17, 15) is 9.59 Å². The summed E-state index contributed by atoms with van der Waals surface area (Å²) in [5.41, 5.74) is -0.0170. The number of hydrogen-bond donors (Lipinski definition) is 1. The quantitative estimate of drug-likeness (QED) is 0.796. The number of thioether (sulfide) groups is 1. The van der Waals surface area contributed by atoms with Crippen LogP contribution in [-0.2, 0) is 4.79 Å². The fourth-order valence-electron chi connectivity index (χ4n) is 1.98. The smallest absolute Gasteiger partial charge is 0.284 e. The second kappa shape index (κ2) is 3.94. The molecule has 0 unspecified atom stereocenters. The monoisotopic (exact) mass is 286 g/mol. The van der Waals surface area contributed by atoms with Crippen molar-refractivity contribution in [1.82, 2.24) is 9.97 Å². The van der Waals surface area contributed by atoms with Crippen molar-refractivity contribution in [2.24, 2.45) is 4.99 Å². The van der Waals surface area contributed by atoms with Crippen LogP contribution in [0.25, 0.3) is 6.08 Å². The van der Waals surface area contributed by atoms with Gasteiger partial charge in [0.2, 0.25) is 0 Å². The Morgan fingerprint density at radius 3 is 3.10 bits per heavy atom. The topological polar surface area (TPSA) is 91.6 Å². The fourth-order valence-corrected chi connectivity index (χ4v) is 2.95. The van der Waals surface area contributed by atoms with E-state index in [0.717, 1.165) is 11.8 Å². The van der Waals surface area contributed by atoms with Crippen molar-refractivity contribution in [3.63, 3.8) is 0 Å². The summed E-state index contributed by atoms with van der Waals surface area (Å²) in [5, 5.41) is 0.437. The molecule has 8 heteroatoms. The zero-order chi connectivity index (χ0) is 13.7. The number of carbonyl (C=O) groups excluding carboxylic acids is 1. The number of furan rings is 1. The maximum absolute atomic E-state index is 12.3. The van der Waals surface area contributed by atoms with Gasteiger partial charge in [0.25, 0.3) is 11.5 Å². The molecule has 2 aliphatic heterocycles. The van der Waals surface area contributed by atoms with Gasteiger partial charge in [-0.1, -0.05) is 0 Å². The van der Waals surface area contributed by atoms with Gasteiger partial charge in [0.15, 0.2) is 11.0 Å². The molecule has 0 radical (unpaired) electrons. The van der Waals surface area contributed by atoms with Crippen LogP contribution in [0.1, 0.15) is 5.76 Å². The molecule has 1 N–H and O–H groups in total. The minimum Gasteiger partial charge on any atom is -0.465 e. The van der Waals surface area contributed by atoms with Crippen molar-refractivity contribution in [2.75, 3.05) is 4.90 Å². The van der Waals surface area contributed by atoms with Gasteiger partial charge in [-0.15, -0.1) is 0 Å². The predicted octanol–water partition coefficient (Wildman–Crippen LogP) is 1.21. The van der Waals surface area contributed by atoms with Gasteiger partial charge < -0.3 is 9.40 Å². The minimum absolute atomic E-state index is 0.259. The first kappa shape index (κ1) is 11.2. The maximum atomic E-state index is 12.3. The van der Waals surface area contributed by atoms with E-state index in [1.54, 1.807) is 18.2 Å². The predicted molar refractivity (Wildman–Crippen MR) is 72.3 cm³/mol. The lowest BCUT2D eigenvalue weighted by Crippen LogP contribution is -2.28. The summed E-state index contributed by atoms with van der Waals surface area (Å²) in [5.74, 6) is 0.550. The van der Waals surface area contributed by atoms with E-state index in [0.29, 0.717) is 21.6 Å². The first-order valence-electron chi connectivity index (χ1n) is 5.68. The number of amides is 1. The normalized spacial score (nSPS) is 18.4. The average molecular weight is 286 g/mol. The Labute approximate surface area is 116 Å². The zero-order valence-corrected chi connectivity index (χ0v) is 10.7. The van der Waals surface area contributed by atoms with Gasteiger partial charge in [-0.05, 0) is 23.9 Å². The van der Waals surface area contributed by atoms with Crippen molar-refractivity contribution in [3.05, 3.63) is 46.5 Å². The van der Waals surface area contributed by atoms with Crippen LogP contribution in [-0.4, -0.2) is 21.0 Å². The average Bonchev–Trinajstić information content (AvgIpc) is 3.10. The number of amidine groups is 1. The lowest BCUT2D eigenvalue weighted by Gasteiger charge is -2.07. The van der Waals surface area contributed by atoms with Crippen LogP contribution < -0.4 is 10.5 Å². The van der Waals surface area contributed by atoms with E-state index >= 15 is 0 Å². The molecule has 0 spiro atoms. The Balaban J connectivity index is 1.80. The Bertz CT molecular complexity index is 835. The molecule has 4 rings (SSSR count). The Kier molecular flexibility index (Phi) is 2.21. The standard InChI is InChI=1S/C12H6N4O3S/c17-10-8-9(13-5-14-10)16-11(18)7(15-12(16)20-8)4-6-2-1-3-19-6/h1-5H,(H,13,14,17)/b7-4-. The highest BCUT2D eigenvalue weighted by Crippen LogP contribution is 2.40. The molecule has 98 valence electrons. The molecule has 2 aromatic rings. The number of H-pyrrole nitrogens is 1. The Hall–Kier alpha value is -2.61. The molecule has 4 heterocycles. The van der Waals surface area contributed by atoms with E-state index in [-0.39, 0.29) is 17.2 Å². The zero-order valence-electron chi connectivity index (χ0n) is 9.86. The maximum Gasteiger partial charge on any atom is 0.284 e. The number of nitrogens with zero attached hydrogens (tertiary/aromatic N) is 3. The van der Waals surface area contributed by atoms with Crippen LogP contribution in [0.5, 0.6) is 0 Å². The van der Waals surface area contributed by atoms with Gasteiger partial charge in [0, 0.05) is 6.08 Å². The van der Waals surface area contributed by atoms with Crippen LogP contribution in [0.2, 0.25) is 0 Å². The number of aromatic nitrogens is 2. The van der Waals surface area contributed by atoms with E-state index in [2.05, 4.69) is 15.0 Å². The Morgan fingerprint density at radius 1 is 1.40 bits per heavy atom.